The van der Waals surface area contributed by atoms with Crippen LogP contribution in [0.2, 0.25) is 0 Å². The molecule has 17 heavy (non-hydrogen) atoms. The summed E-state index contributed by atoms with van der Waals surface area (Å²) in [5.74, 6) is 0. The normalized spacial score (nSPS) is 13.7. The van der Waals surface area contributed by atoms with Crippen LogP contribution in [0.1, 0.15) is 31.4 Å². The Kier molecular flexibility index (Phi) is 5.16. The number of nitrogens with one attached hydrogen (secondary N) is 1. The molecular formula is C15H25NO. The van der Waals surface area contributed by atoms with E-state index >= 15 is 0 Å². The lowest BCUT2D eigenvalue weighted by Gasteiger charge is -2.28. The summed E-state index contributed by atoms with van der Waals surface area (Å²) in [6, 6.07) is 9.16. The monoisotopic (exact) mass is 235 g/mol. The number of likely N-dealkylation sites (N-methyl/N-ethyl adjacent to an activating group) is 1. The first-order valence-electron chi connectivity index (χ1n) is 6.25. The number of benzene rings is 1. The van der Waals surface area contributed by atoms with E-state index in [1.807, 2.05) is 7.05 Å². The molecule has 1 atom stereocenters. The summed E-state index contributed by atoms with van der Waals surface area (Å²) in [4.78, 5) is 0. The zero-order chi connectivity index (χ0) is 12.9. The second-order valence-corrected chi connectivity index (χ2v) is 5.35. The summed E-state index contributed by atoms with van der Waals surface area (Å²) in [5, 5.41) is 3.38. The predicted octanol–water partition coefficient (Wildman–Crippen LogP) is 2.94. The first-order valence-corrected chi connectivity index (χ1v) is 6.25. The van der Waals surface area contributed by atoms with Crippen molar-refractivity contribution in [2.24, 2.45) is 0 Å². The SMILES string of the molecule is CNC(Cc1cccc(C)c1)CC(C)(C)OC. The van der Waals surface area contributed by atoms with Crippen LogP contribution in [0.3, 0.4) is 0 Å². The van der Waals surface area contributed by atoms with E-state index in [0.717, 1.165) is 12.8 Å². The van der Waals surface area contributed by atoms with Crippen LogP contribution >= 0.6 is 0 Å². The van der Waals surface area contributed by atoms with E-state index in [2.05, 4.69) is 50.4 Å². The van der Waals surface area contributed by atoms with Gasteiger partial charge in [-0.15, -0.1) is 0 Å². The third-order valence-electron chi connectivity index (χ3n) is 3.26. The number of hydrogen-bond donors (Lipinski definition) is 1. The Morgan fingerprint density at radius 3 is 2.59 bits per heavy atom. The number of hydrogen-bond acceptors (Lipinski definition) is 2. The highest BCUT2D eigenvalue weighted by atomic mass is 16.5. The molecule has 1 N–H and O–H groups in total. The van der Waals surface area contributed by atoms with Crippen LogP contribution in [0.5, 0.6) is 0 Å². The van der Waals surface area contributed by atoms with Gasteiger partial charge >= 0.3 is 0 Å². The lowest BCUT2D eigenvalue weighted by Crippen LogP contribution is -2.37. The Bertz CT molecular complexity index is 347. The number of rotatable bonds is 6. The van der Waals surface area contributed by atoms with E-state index in [-0.39, 0.29) is 5.60 Å². The summed E-state index contributed by atoms with van der Waals surface area (Å²) >= 11 is 0. The minimum Gasteiger partial charge on any atom is -0.379 e. The Morgan fingerprint density at radius 1 is 1.35 bits per heavy atom. The second-order valence-electron chi connectivity index (χ2n) is 5.35. The van der Waals surface area contributed by atoms with Gasteiger partial charge in [-0.1, -0.05) is 29.8 Å². The predicted molar refractivity (Wildman–Crippen MR) is 73.4 cm³/mol. The molecule has 0 bridgehead atoms. The van der Waals surface area contributed by atoms with Gasteiger partial charge in [0.15, 0.2) is 0 Å². The van der Waals surface area contributed by atoms with Crippen LogP contribution in [0.25, 0.3) is 0 Å². The van der Waals surface area contributed by atoms with Crippen LogP contribution in [-0.2, 0) is 11.2 Å². The molecule has 96 valence electrons. The third kappa shape index (κ3) is 4.88. The lowest BCUT2D eigenvalue weighted by molar-refractivity contribution is 0.00773. The van der Waals surface area contributed by atoms with Gasteiger partial charge in [-0.05, 0) is 46.2 Å². The molecule has 0 fully saturated rings. The van der Waals surface area contributed by atoms with Crippen molar-refractivity contribution in [3.05, 3.63) is 35.4 Å². The number of methoxy groups -OCH3 is 1. The summed E-state index contributed by atoms with van der Waals surface area (Å²) in [5.41, 5.74) is 2.64. The van der Waals surface area contributed by atoms with E-state index in [1.165, 1.54) is 11.1 Å². The zero-order valence-corrected chi connectivity index (χ0v) is 11.7. The Labute approximate surface area is 105 Å². The average Bonchev–Trinajstić information content (AvgIpc) is 2.28. The molecule has 2 nitrogen and oxygen atoms in total. The molecule has 0 saturated heterocycles. The van der Waals surface area contributed by atoms with Crippen molar-refractivity contribution in [1.29, 1.82) is 0 Å². The molecule has 0 aliphatic heterocycles. The quantitative estimate of drug-likeness (QED) is 0.818. The molecule has 1 rings (SSSR count). The van der Waals surface area contributed by atoms with Gasteiger partial charge in [-0.2, -0.15) is 0 Å². The molecule has 1 aromatic rings. The molecule has 0 aromatic heterocycles. The molecule has 0 spiro atoms. The number of ether oxygens (including phenoxy) is 1. The molecule has 2 heteroatoms. The van der Waals surface area contributed by atoms with Gasteiger partial charge in [0, 0.05) is 13.2 Å². The minimum absolute atomic E-state index is 0.0719. The molecular weight excluding hydrogens is 210 g/mol. The Morgan fingerprint density at radius 2 is 2.06 bits per heavy atom. The van der Waals surface area contributed by atoms with Crippen molar-refractivity contribution in [1.82, 2.24) is 5.32 Å². The maximum absolute atomic E-state index is 5.49. The molecule has 0 aliphatic carbocycles. The standard InChI is InChI=1S/C15H25NO/c1-12-7-6-8-13(9-12)10-14(16-4)11-15(2,3)17-5/h6-9,14,16H,10-11H2,1-5H3. The van der Waals surface area contributed by atoms with Gasteiger partial charge in [0.1, 0.15) is 0 Å². The van der Waals surface area contributed by atoms with Gasteiger partial charge in [0.25, 0.3) is 0 Å². The largest absolute Gasteiger partial charge is 0.379 e. The van der Waals surface area contributed by atoms with Gasteiger partial charge in [0.2, 0.25) is 0 Å². The second kappa shape index (κ2) is 6.18. The Balaban J connectivity index is 2.64. The van der Waals surface area contributed by atoms with E-state index in [9.17, 15) is 0 Å². The van der Waals surface area contributed by atoms with Crippen molar-refractivity contribution in [2.45, 2.75) is 45.3 Å². The van der Waals surface area contributed by atoms with Crippen LogP contribution in [-0.4, -0.2) is 25.8 Å². The van der Waals surface area contributed by atoms with Crippen LogP contribution in [0.15, 0.2) is 24.3 Å². The van der Waals surface area contributed by atoms with Crippen LogP contribution in [0.4, 0.5) is 0 Å². The van der Waals surface area contributed by atoms with E-state index in [0.29, 0.717) is 6.04 Å². The highest BCUT2D eigenvalue weighted by Gasteiger charge is 2.21. The van der Waals surface area contributed by atoms with Gasteiger partial charge < -0.3 is 10.1 Å². The Hall–Kier alpha value is -0.860. The maximum Gasteiger partial charge on any atom is 0.0637 e. The molecule has 0 saturated carbocycles. The fraction of sp³-hybridized carbons (Fsp3) is 0.600. The fourth-order valence-electron chi connectivity index (χ4n) is 2.08. The summed E-state index contributed by atoms with van der Waals surface area (Å²) in [6.45, 7) is 6.40. The topological polar surface area (TPSA) is 21.3 Å². The lowest BCUT2D eigenvalue weighted by atomic mass is 9.93. The van der Waals surface area contributed by atoms with Crippen molar-refractivity contribution >= 4 is 0 Å². The smallest absolute Gasteiger partial charge is 0.0637 e. The molecule has 1 aromatic carbocycles. The van der Waals surface area contributed by atoms with Gasteiger partial charge in [-0.25, -0.2) is 0 Å². The minimum atomic E-state index is -0.0719. The zero-order valence-electron chi connectivity index (χ0n) is 11.7. The van der Waals surface area contributed by atoms with E-state index in [1.54, 1.807) is 7.11 Å². The highest BCUT2D eigenvalue weighted by molar-refractivity contribution is 5.23. The molecule has 0 amide bonds. The summed E-state index contributed by atoms with van der Waals surface area (Å²) < 4.78 is 5.49. The molecule has 0 radical (unpaired) electrons. The van der Waals surface area contributed by atoms with Crippen molar-refractivity contribution in [2.75, 3.05) is 14.2 Å². The van der Waals surface area contributed by atoms with Crippen molar-refractivity contribution in [3.63, 3.8) is 0 Å². The highest BCUT2D eigenvalue weighted by Crippen LogP contribution is 2.18. The van der Waals surface area contributed by atoms with Crippen LogP contribution in [0, 0.1) is 6.92 Å². The first-order chi connectivity index (χ1) is 7.96. The maximum atomic E-state index is 5.49. The number of aryl methyl sites for hydroxylation is 1. The summed E-state index contributed by atoms with van der Waals surface area (Å²) in [6.07, 6.45) is 2.05. The van der Waals surface area contributed by atoms with Gasteiger partial charge in [-0.3, -0.25) is 0 Å². The molecule has 0 heterocycles. The van der Waals surface area contributed by atoms with Gasteiger partial charge in [0.05, 0.1) is 5.60 Å². The van der Waals surface area contributed by atoms with Crippen LogP contribution < -0.4 is 5.32 Å². The molecule has 0 aliphatic rings. The fourth-order valence-corrected chi connectivity index (χ4v) is 2.08. The van der Waals surface area contributed by atoms with E-state index < -0.39 is 0 Å². The van der Waals surface area contributed by atoms with E-state index in [4.69, 9.17) is 4.74 Å². The average molecular weight is 235 g/mol. The summed E-state index contributed by atoms with van der Waals surface area (Å²) in [7, 11) is 3.80. The molecule has 1 unspecified atom stereocenters. The van der Waals surface area contributed by atoms with Crippen molar-refractivity contribution in [3.8, 4) is 0 Å². The first kappa shape index (κ1) is 14.2. The van der Waals surface area contributed by atoms with Crippen molar-refractivity contribution < 1.29 is 4.74 Å². The third-order valence-corrected chi connectivity index (χ3v) is 3.26.